The molecule has 3 fully saturated rings. The molecule has 1 aromatic rings. The van der Waals surface area contributed by atoms with E-state index in [1.54, 1.807) is 7.11 Å². The van der Waals surface area contributed by atoms with E-state index in [1.807, 2.05) is 29.2 Å². The van der Waals surface area contributed by atoms with Crippen LogP contribution in [0.4, 0.5) is 0 Å². The molecule has 6 nitrogen and oxygen atoms in total. The van der Waals surface area contributed by atoms with E-state index in [0.717, 1.165) is 24.3 Å². The summed E-state index contributed by atoms with van der Waals surface area (Å²) in [5.74, 6) is 2.10. The van der Waals surface area contributed by atoms with Gasteiger partial charge in [0, 0.05) is 19.4 Å². The molecule has 1 atom stereocenters. The van der Waals surface area contributed by atoms with Gasteiger partial charge in [-0.2, -0.15) is 0 Å². The van der Waals surface area contributed by atoms with Gasteiger partial charge < -0.3 is 19.7 Å². The van der Waals surface area contributed by atoms with Gasteiger partial charge >= 0.3 is 0 Å². The molecule has 1 N–H and O–H groups in total. The minimum atomic E-state index is -0.221. The zero-order valence-corrected chi connectivity index (χ0v) is 16.6. The number of amides is 2. The number of hydrogen-bond acceptors (Lipinski definition) is 4. The molecule has 3 aliphatic rings. The fourth-order valence-corrected chi connectivity index (χ4v) is 4.34. The zero-order valence-electron chi connectivity index (χ0n) is 16.6. The minimum Gasteiger partial charge on any atom is -0.496 e. The van der Waals surface area contributed by atoms with Crippen molar-refractivity contribution in [2.75, 3.05) is 33.4 Å². The van der Waals surface area contributed by atoms with Crippen LogP contribution in [-0.2, 0) is 20.7 Å². The monoisotopic (exact) mass is 386 g/mol. The molecule has 1 aromatic carbocycles. The number of nitrogens with zero attached hydrogens (tertiary/aromatic N) is 1. The molecule has 4 rings (SSSR count). The van der Waals surface area contributed by atoms with Gasteiger partial charge in [-0.1, -0.05) is 18.2 Å². The summed E-state index contributed by atoms with van der Waals surface area (Å²) < 4.78 is 11.4. The first kappa shape index (κ1) is 19.2. The molecule has 1 saturated carbocycles. The molecular weight excluding hydrogens is 356 g/mol. The van der Waals surface area contributed by atoms with E-state index in [0.29, 0.717) is 44.9 Å². The highest BCUT2D eigenvalue weighted by Crippen LogP contribution is 2.39. The molecule has 2 saturated heterocycles. The zero-order chi connectivity index (χ0) is 19.6. The van der Waals surface area contributed by atoms with Crippen LogP contribution in [0.5, 0.6) is 5.75 Å². The summed E-state index contributed by atoms with van der Waals surface area (Å²) in [5, 5.41) is 3.03. The van der Waals surface area contributed by atoms with Gasteiger partial charge in [0.05, 0.1) is 26.8 Å². The molecule has 1 aliphatic carbocycles. The van der Waals surface area contributed by atoms with Crippen LogP contribution in [0.1, 0.15) is 37.7 Å². The van der Waals surface area contributed by atoms with E-state index in [-0.39, 0.29) is 23.3 Å². The SMILES string of the molecule is COc1ccccc1CCC(=O)N1CC2(CC(CC(=O)NCC3CC3)CO2)C1. The Kier molecular flexibility index (Phi) is 5.58. The Labute approximate surface area is 166 Å². The summed E-state index contributed by atoms with van der Waals surface area (Å²) in [5.41, 5.74) is 0.838. The molecular formula is C22H30N2O4. The summed E-state index contributed by atoms with van der Waals surface area (Å²) in [6.45, 7) is 2.75. The summed E-state index contributed by atoms with van der Waals surface area (Å²) in [7, 11) is 1.65. The van der Waals surface area contributed by atoms with Gasteiger partial charge in [0.1, 0.15) is 11.4 Å². The van der Waals surface area contributed by atoms with E-state index in [1.165, 1.54) is 12.8 Å². The smallest absolute Gasteiger partial charge is 0.223 e. The Morgan fingerprint density at radius 1 is 1.25 bits per heavy atom. The second-order valence-electron chi connectivity index (χ2n) is 8.58. The number of benzene rings is 1. The first-order valence-corrected chi connectivity index (χ1v) is 10.4. The quantitative estimate of drug-likeness (QED) is 0.744. The summed E-state index contributed by atoms with van der Waals surface area (Å²) in [6.07, 6.45) is 5.06. The maximum absolute atomic E-state index is 12.5. The fraction of sp³-hybridized carbons (Fsp3) is 0.636. The number of para-hydroxylation sites is 1. The van der Waals surface area contributed by atoms with Crippen molar-refractivity contribution < 1.29 is 19.1 Å². The minimum absolute atomic E-state index is 0.140. The molecule has 0 radical (unpaired) electrons. The van der Waals surface area contributed by atoms with E-state index < -0.39 is 0 Å². The average molecular weight is 386 g/mol. The van der Waals surface area contributed by atoms with Crippen molar-refractivity contribution in [3.63, 3.8) is 0 Å². The van der Waals surface area contributed by atoms with Crippen LogP contribution in [0.2, 0.25) is 0 Å². The van der Waals surface area contributed by atoms with Gasteiger partial charge in [-0.3, -0.25) is 9.59 Å². The van der Waals surface area contributed by atoms with Crippen molar-refractivity contribution in [1.82, 2.24) is 10.2 Å². The van der Waals surface area contributed by atoms with E-state index >= 15 is 0 Å². The van der Waals surface area contributed by atoms with Gasteiger partial charge in [-0.05, 0) is 49.1 Å². The summed E-state index contributed by atoms with van der Waals surface area (Å²) >= 11 is 0. The molecule has 2 aliphatic heterocycles. The highest BCUT2D eigenvalue weighted by Gasteiger charge is 2.51. The van der Waals surface area contributed by atoms with Crippen LogP contribution in [0.15, 0.2) is 24.3 Å². The predicted octanol–water partition coefficient (Wildman–Crippen LogP) is 2.16. The number of carbonyl (C=O) groups is 2. The Hall–Kier alpha value is -2.08. The topological polar surface area (TPSA) is 67.9 Å². The second kappa shape index (κ2) is 8.11. The predicted molar refractivity (Wildman–Crippen MR) is 105 cm³/mol. The van der Waals surface area contributed by atoms with Crippen LogP contribution < -0.4 is 10.1 Å². The molecule has 0 bridgehead atoms. The van der Waals surface area contributed by atoms with E-state index in [9.17, 15) is 9.59 Å². The van der Waals surface area contributed by atoms with Crippen molar-refractivity contribution in [2.24, 2.45) is 11.8 Å². The third-order valence-corrected chi connectivity index (χ3v) is 6.16. The normalized spacial score (nSPS) is 22.8. The summed E-state index contributed by atoms with van der Waals surface area (Å²) in [4.78, 5) is 26.4. The number of methoxy groups -OCH3 is 1. The lowest BCUT2D eigenvalue weighted by molar-refractivity contribution is -0.157. The van der Waals surface area contributed by atoms with E-state index in [4.69, 9.17) is 9.47 Å². The van der Waals surface area contributed by atoms with Gasteiger partial charge in [0.2, 0.25) is 11.8 Å². The van der Waals surface area contributed by atoms with Crippen LogP contribution in [-0.4, -0.2) is 55.7 Å². The molecule has 6 heteroatoms. The first-order chi connectivity index (χ1) is 13.6. The fourth-order valence-electron chi connectivity index (χ4n) is 4.34. The van der Waals surface area contributed by atoms with Crippen LogP contribution in [0, 0.1) is 11.8 Å². The third-order valence-electron chi connectivity index (χ3n) is 6.16. The number of aryl methyl sites for hydroxylation is 1. The molecule has 1 spiro atoms. The maximum atomic E-state index is 12.5. The van der Waals surface area contributed by atoms with Crippen molar-refractivity contribution in [3.05, 3.63) is 29.8 Å². The van der Waals surface area contributed by atoms with Crippen molar-refractivity contribution >= 4 is 11.8 Å². The Morgan fingerprint density at radius 2 is 2.04 bits per heavy atom. The average Bonchev–Trinajstić information content (AvgIpc) is 3.41. The van der Waals surface area contributed by atoms with Crippen molar-refractivity contribution in [3.8, 4) is 5.75 Å². The van der Waals surface area contributed by atoms with Crippen LogP contribution >= 0.6 is 0 Å². The largest absolute Gasteiger partial charge is 0.496 e. The van der Waals surface area contributed by atoms with E-state index in [2.05, 4.69) is 5.32 Å². The van der Waals surface area contributed by atoms with Gasteiger partial charge in [0.25, 0.3) is 0 Å². The van der Waals surface area contributed by atoms with Crippen LogP contribution in [0.3, 0.4) is 0 Å². The number of hydrogen-bond donors (Lipinski definition) is 1. The Morgan fingerprint density at radius 3 is 2.79 bits per heavy atom. The lowest BCUT2D eigenvalue weighted by Gasteiger charge is -2.47. The number of likely N-dealkylation sites (tertiary alicyclic amines) is 1. The highest BCUT2D eigenvalue weighted by molar-refractivity contribution is 5.78. The second-order valence-corrected chi connectivity index (χ2v) is 8.58. The van der Waals surface area contributed by atoms with Gasteiger partial charge in [-0.15, -0.1) is 0 Å². The van der Waals surface area contributed by atoms with Crippen LogP contribution in [0.25, 0.3) is 0 Å². The summed E-state index contributed by atoms with van der Waals surface area (Å²) in [6, 6.07) is 7.83. The lowest BCUT2D eigenvalue weighted by atomic mass is 9.85. The molecule has 1 unspecified atom stereocenters. The highest BCUT2D eigenvalue weighted by atomic mass is 16.5. The molecule has 2 amide bonds. The standard InChI is InChI=1S/C22H30N2O4/c1-27-19-5-3-2-4-18(19)8-9-21(26)24-14-22(15-24)11-17(13-28-22)10-20(25)23-12-16-6-7-16/h2-5,16-17H,6-15H2,1H3,(H,23,25). The van der Waals surface area contributed by atoms with Gasteiger partial charge in [-0.25, -0.2) is 0 Å². The van der Waals surface area contributed by atoms with Gasteiger partial charge in [0.15, 0.2) is 0 Å². The first-order valence-electron chi connectivity index (χ1n) is 10.4. The number of rotatable bonds is 8. The molecule has 2 heterocycles. The molecule has 28 heavy (non-hydrogen) atoms. The number of nitrogens with one attached hydrogen (secondary N) is 1. The number of carbonyl (C=O) groups excluding carboxylic acids is 2. The Balaban J connectivity index is 1.18. The Bertz CT molecular complexity index is 725. The maximum Gasteiger partial charge on any atom is 0.223 e. The number of ether oxygens (including phenoxy) is 2. The van der Waals surface area contributed by atoms with Crippen molar-refractivity contribution in [1.29, 1.82) is 0 Å². The molecule has 152 valence electrons. The third kappa shape index (κ3) is 4.49. The molecule has 0 aromatic heterocycles. The van der Waals surface area contributed by atoms with Crippen molar-refractivity contribution in [2.45, 2.75) is 44.1 Å². The lowest BCUT2D eigenvalue weighted by Crippen LogP contribution is -2.63.